The second-order valence-electron chi connectivity index (χ2n) is 7.32. The van der Waals surface area contributed by atoms with E-state index in [0.717, 1.165) is 21.9 Å². The molecule has 5 rings (SSSR count). The van der Waals surface area contributed by atoms with Gasteiger partial charge in [0, 0.05) is 18.1 Å². The molecular weight excluding hydrogens is 394 g/mol. The molecule has 4 aromatic rings. The second kappa shape index (κ2) is 7.80. The Kier molecular flexibility index (Phi) is 4.85. The molecular formula is C24H19N3O2S. The zero-order valence-electron chi connectivity index (χ0n) is 16.1. The molecule has 1 unspecified atom stereocenters. The number of nitrogens with one attached hydrogen (secondary N) is 2. The number of aromatic nitrogens is 2. The van der Waals surface area contributed by atoms with Crippen molar-refractivity contribution in [1.82, 2.24) is 9.97 Å². The number of benzene rings is 3. The lowest BCUT2D eigenvalue weighted by Gasteiger charge is -2.24. The van der Waals surface area contributed by atoms with Crippen LogP contribution in [0.1, 0.15) is 29.0 Å². The molecule has 148 valence electrons. The van der Waals surface area contributed by atoms with Gasteiger partial charge in [-0.05, 0) is 21.9 Å². The standard InChI is InChI=1S/C24H19N3O2S/c28-20-13-19(18-11-10-16-8-4-5-9-17(16)12-18)21-22(25-20)26-24(27-23(21)29)30-14-15-6-2-1-3-7-15/h1-12,19H,13-14H2,(H2,25,26,27,28,29). The van der Waals surface area contributed by atoms with Gasteiger partial charge in [0.2, 0.25) is 5.91 Å². The van der Waals surface area contributed by atoms with Gasteiger partial charge in [0.25, 0.3) is 5.56 Å². The number of carbonyl (C=O) groups excluding carboxylic acids is 1. The average Bonchev–Trinajstić information content (AvgIpc) is 2.77. The van der Waals surface area contributed by atoms with Gasteiger partial charge in [0.1, 0.15) is 5.82 Å². The van der Waals surface area contributed by atoms with Crippen molar-refractivity contribution in [3.05, 3.63) is 99.8 Å². The molecule has 1 atom stereocenters. The summed E-state index contributed by atoms with van der Waals surface area (Å²) in [5.74, 6) is 0.606. The van der Waals surface area contributed by atoms with E-state index in [1.54, 1.807) is 0 Å². The van der Waals surface area contributed by atoms with Crippen LogP contribution in [0.4, 0.5) is 5.82 Å². The third kappa shape index (κ3) is 3.62. The van der Waals surface area contributed by atoms with Crippen LogP contribution in [0.3, 0.4) is 0 Å². The number of hydrogen-bond donors (Lipinski definition) is 2. The largest absolute Gasteiger partial charge is 0.310 e. The lowest BCUT2D eigenvalue weighted by molar-refractivity contribution is -0.116. The fourth-order valence-electron chi connectivity index (χ4n) is 3.85. The molecule has 3 aromatic carbocycles. The number of fused-ring (bicyclic) bond motifs is 2. The number of anilines is 1. The smallest absolute Gasteiger partial charge is 0.257 e. The summed E-state index contributed by atoms with van der Waals surface area (Å²) >= 11 is 1.44. The monoisotopic (exact) mass is 413 g/mol. The van der Waals surface area contributed by atoms with Gasteiger partial charge in [0.15, 0.2) is 5.16 Å². The number of aromatic amines is 1. The molecule has 0 saturated carbocycles. The Hall–Kier alpha value is -3.38. The van der Waals surface area contributed by atoms with Gasteiger partial charge in [-0.2, -0.15) is 0 Å². The minimum absolute atomic E-state index is 0.127. The maximum Gasteiger partial charge on any atom is 0.257 e. The average molecular weight is 414 g/mol. The van der Waals surface area contributed by atoms with Gasteiger partial charge >= 0.3 is 0 Å². The number of H-pyrrole nitrogens is 1. The predicted molar refractivity (Wildman–Crippen MR) is 120 cm³/mol. The van der Waals surface area contributed by atoms with Crippen molar-refractivity contribution >= 4 is 34.3 Å². The van der Waals surface area contributed by atoms with Crippen LogP contribution in [0.5, 0.6) is 0 Å². The van der Waals surface area contributed by atoms with Crippen LogP contribution in [0.15, 0.2) is 82.7 Å². The number of nitrogens with zero attached hydrogens (tertiary/aromatic N) is 1. The van der Waals surface area contributed by atoms with Gasteiger partial charge in [-0.1, -0.05) is 84.6 Å². The minimum atomic E-state index is -0.317. The molecule has 6 heteroatoms. The highest BCUT2D eigenvalue weighted by Gasteiger charge is 2.31. The van der Waals surface area contributed by atoms with E-state index >= 15 is 0 Å². The molecule has 1 aromatic heterocycles. The highest BCUT2D eigenvalue weighted by molar-refractivity contribution is 7.98. The Morgan fingerprint density at radius 3 is 2.53 bits per heavy atom. The summed E-state index contributed by atoms with van der Waals surface area (Å²) in [6.07, 6.45) is 0.229. The van der Waals surface area contributed by atoms with E-state index in [1.165, 1.54) is 11.8 Å². The zero-order chi connectivity index (χ0) is 20.5. The van der Waals surface area contributed by atoms with Crippen molar-refractivity contribution in [3.8, 4) is 0 Å². The van der Waals surface area contributed by atoms with Gasteiger partial charge in [-0.25, -0.2) is 4.98 Å². The van der Waals surface area contributed by atoms with E-state index in [4.69, 9.17) is 0 Å². The van der Waals surface area contributed by atoms with E-state index in [9.17, 15) is 9.59 Å². The zero-order valence-corrected chi connectivity index (χ0v) is 16.9. The Morgan fingerprint density at radius 2 is 1.70 bits per heavy atom. The lowest BCUT2D eigenvalue weighted by atomic mass is 9.86. The SMILES string of the molecule is O=C1CC(c2ccc3ccccc3c2)c2c(nc(SCc3ccccc3)[nH]c2=O)N1. The molecule has 0 spiro atoms. The predicted octanol–water partition coefficient (Wildman–Crippen LogP) is 4.69. The number of rotatable bonds is 4. The Morgan fingerprint density at radius 1 is 0.933 bits per heavy atom. The first-order valence-electron chi connectivity index (χ1n) is 9.77. The van der Waals surface area contributed by atoms with E-state index in [0.29, 0.717) is 22.3 Å². The van der Waals surface area contributed by atoms with Crippen molar-refractivity contribution in [1.29, 1.82) is 0 Å². The van der Waals surface area contributed by atoms with Crippen LogP contribution in [0.2, 0.25) is 0 Å². The number of amides is 1. The fourth-order valence-corrected chi connectivity index (χ4v) is 4.67. The molecule has 1 aliphatic heterocycles. The van der Waals surface area contributed by atoms with E-state index in [-0.39, 0.29) is 23.8 Å². The fraction of sp³-hybridized carbons (Fsp3) is 0.125. The summed E-state index contributed by atoms with van der Waals surface area (Å²) in [5, 5.41) is 5.51. The summed E-state index contributed by atoms with van der Waals surface area (Å²) in [6, 6.07) is 24.1. The third-order valence-corrected chi connectivity index (χ3v) is 6.27. The van der Waals surface area contributed by atoms with E-state index < -0.39 is 0 Å². The Labute approximate surface area is 177 Å². The van der Waals surface area contributed by atoms with Gasteiger partial charge < -0.3 is 10.3 Å². The number of carbonyl (C=O) groups is 1. The molecule has 0 radical (unpaired) electrons. The molecule has 2 heterocycles. The minimum Gasteiger partial charge on any atom is -0.310 e. The Balaban J connectivity index is 1.50. The summed E-state index contributed by atoms with van der Waals surface area (Å²) in [7, 11) is 0. The maximum absolute atomic E-state index is 13.0. The second-order valence-corrected chi connectivity index (χ2v) is 8.28. The van der Waals surface area contributed by atoms with E-state index in [1.807, 2.05) is 66.7 Å². The van der Waals surface area contributed by atoms with Gasteiger partial charge in [0.05, 0.1) is 5.56 Å². The first-order chi connectivity index (χ1) is 14.7. The van der Waals surface area contributed by atoms with Gasteiger partial charge in [-0.15, -0.1) is 0 Å². The summed E-state index contributed by atoms with van der Waals surface area (Å²) in [5.41, 5.74) is 2.41. The van der Waals surface area contributed by atoms with Crippen molar-refractivity contribution in [2.45, 2.75) is 23.2 Å². The molecule has 1 aliphatic rings. The molecule has 5 nitrogen and oxygen atoms in total. The summed E-state index contributed by atoms with van der Waals surface area (Å²) < 4.78 is 0. The molecule has 0 aliphatic carbocycles. The van der Waals surface area contributed by atoms with Crippen molar-refractivity contribution in [2.75, 3.05) is 5.32 Å². The molecule has 0 bridgehead atoms. The van der Waals surface area contributed by atoms with Crippen LogP contribution in [0, 0.1) is 0 Å². The van der Waals surface area contributed by atoms with E-state index in [2.05, 4.69) is 21.4 Å². The van der Waals surface area contributed by atoms with Crippen molar-refractivity contribution in [2.24, 2.45) is 0 Å². The van der Waals surface area contributed by atoms with Crippen molar-refractivity contribution in [3.63, 3.8) is 0 Å². The normalized spacial score (nSPS) is 15.6. The first kappa shape index (κ1) is 18.6. The topological polar surface area (TPSA) is 74.8 Å². The lowest BCUT2D eigenvalue weighted by Crippen LogP contribution is -2.31. The van der Waals surface area contributed by atoms with Crippen LogP contribution in [-0.4, -0.2) is 15.9 Å². The molecule has 2 N–H and O–H groups in total. The van der Waals surface area contributed by atoms with Crippen LogP contribution >= 0.6 is 11.8 Å². The first-order valence-corrected chi connectivity index (χ1v) is 10.8. The third-order valence-electron chi connectivity index (χ3n) is 5.32. The number of thioether (sulfide) groups is 1. The van der Waals surface area contributed by atoms with Gasteiger partial charge in [-0.3, -0.25) is 9.59 Å². The number of hydrogen-bond acceptors (Lipinski definition) is 4. The summed E-state index contributed by atoms with van der Waals surface area (Å²) in [4.78, 5) is 32.9. The maximum atomic E-state index is 13.0. The Bertz CT molecular complexity index is 1300. The van der Waals surface area contributed by atoms with Crippen LogP contribution < -0.4 is 10.9 Å². The highest BCUT2D eigenvalue weighted by Crippen LogP contribution is 2.35. The highest BCUT2D eigenvalue weighted by atomic mass is 32.2. The summed E-state index contributed by atoms with van der Waals surface area (Å²) in [6.45, 7) is 0. The quantitative estimate of drug-likeness (QED) is 0.376. The molecule has 1 amide bonds. The van der Waals surface area contributed by atoms with Crippen LogP contribution in [0.25, 0.3) is 10.8 Å². The van der Waals surface area contributed by atoms with Crippen LogP contribution in [-0.2, 0) is 10.5 Å². The molecule has 0 fully saturated rings. The molecule has 30 heavy (non-hydrogen) atoms. The van der Waals surface area contributed by atoms with Crippen molar-refractivity contribution < 1.29 is 4.79 Å². The molecule has 0 saturated heterocycles.